The number of hydrogen-bond donors (Lipinski definition) is 2. The molecular weight excluding hydrogens is 344 g/mol. The fraction of sp³-hybridized carbons (Fsp3) is 0. The molecule has 2 N–H and O–H groups in total. The van der Waals surface area contributed by atoms with Crippen LogP contribution in [0, 0.1) is 0 Å². The van der Waals surface area contributed by atoms with Gasteiger partial charge in [-0.2, -0.15) is 4.98 Å². The molecule has 7 heteroatoms. The second-order valence-electron chi connectivity index (χ2n) is 5.88. The van der Waals surface area contributed by atoms with Crippen molar-refractivity contribution in [3.05, 3.63) is 78.0 Å². The zero-order valence-corrected chi connectivity index (χ0v) is 14.0. The molecule has 7 nitrogen and oxygen atoms in total. The fourth-order valence-electron chi connectivity index (χ4n) is 2.78. The molecule has 0 unspecified atom stereocenters. The average molecular weight is 358 g/mol. The van der Waals surface area contributed by atoms with E-state index in [1.165, 1.54) is 12.1 Å². The lowest BCUT2D eigenvalue weighted by Crippen LogP contribution is -1.98. The van der Waals surface area contributed by atoms with Gasteiger partial charge in [0.25, 0.3) is 0 Å². The minimum atomic E-state index is -0.998. The van der Waals surface area contributed by atoms with Crippen molar-refractivity contribution in [1.29, 1.82) is 0 Å². The number of hydrogen-bond acceptors (Lipinski definition) is 5. The van der Waals surface area contributed by atoms with Crippen LogP contribution < -0.4 is 5.32 Å². The molecule has 0 saturated heterocycles. The first kappa shape index (κ1) is 16.5. The molecule has 0 aliphatic rings. The van der Waals surface area contributed by atoms with Crippen LogP contribution >= 0.6 is 0 Å². The van der Waals surface area contributed by atoms with Crippen molar-refractivity contribution in [2.45, 2.75) is 0 Å². The predicted molar refractivity (Wildman–Crippen MR) is 100 cm³/mol. The average Bonchev–Trinajstić information content (AvgIpc) is 3.10. The first-order valence-electron chi connectivity index (χ1n) is 8.15. The van der Waals surface area contributed by atoms with Gasteiger partial charge in [0.15, 0.2) is 5.65 Å². The van der Waals surface area contributed by atoms with Crippen LogP contribution in [0.25, 0.3) is 16.8 Å². The number of aldehydes is 1. The van der Waals surface area contributed by atoms with Crippen LogP contribution in [0.4, 0.5) is 11.6 Å². The van der Waals surface area contributed by atoms with E-state index in [1.807, 2.05) is 24.3 Å². The number of carbonyl (C=O) groups is 2. The number of anilines is 2. The maximum atomic E-state index is 11.1. The first-order valence-corrected chi connectivity index (χ1v) is 8.15. The van der Waals surface area contributed by atoms with Crippen molar-refractivity contribution < 1.29 is 14.7 Å². The van der Waals surface area contributed by atoms with E-state index in [-0.39, 0.29) is 5.56 Å². The van der Waals surface area contributed by atoms with E-state index in [0.29, 0.717) is 22.8 Å². The molecule has 2 aromatic heterocycles. The normalized spacial score (nSPS) is 10.7. The molecule has 0 radical (unpaired) electrons. The molecule has 4 aromatic rings. The number of aromatic nitrogens is 3. The first-order chi connectivity index (χ1) is 13.1. The summed E-state index contributed by atoms with van der Waals surface area (Å²) in [5, 5.41) is 16.5. The maximum absolute atomic E-state index is 11.1. The fourth-order valence-corrected chi connectivity index (χ4v) is 2.78. The summed E-state index contributed by atoms with van der Waals surface area (Å²) < 4.78 is 1.65. The summed E-state index contributed by atoms with van der Waals surface area (Å²) in [6.07, 6.45) is 2.58. The third kappa shape index (κ3) is 3.25. The number of fused-ring (bicyclic) bond motifs is 1. The highest BCUT2D eigenvalue weighted by molar-refractivity contribution is 5.89. The van der Waals surface area contributed by atoms with Crippen molar-refractivity contribution in [2.24, 2.45) is 0 Å². The summed E-state index contributed by atoms with van der Waals surface area (Å²) in [5.74, 6) is -0.642. The molecular formula is C20H14N4O3. The minimum absolute atomic E-state index is 0.180. The highest BCUT2D eigenvalue weighted by atomic mass is 16.4. The Morgan fingerprint density at radius 3 is 2.63 bits per heavy atom. The lowest BCUT2D eigenvalue weighted by molar-refractivity contribution is 0.0696. The largest absolute Gasteiger partial charge is 0.478 e. The van der Waals surface area contributed by atoms with Crippen LogP contribution in [0.3, 0.4) is 0 Å². The molecule has 0 amide bonds. The van der Waals surface area contributed by atoms with Crippen molar-refractivity contribution >= 4 is 29.5 Å². The molecule has 0 fully saturated rings. The third-order valence-electron chi connectivity index (χ3n) is 4.09. The van der Waals surface area contributed by atoms with E-state index in [4.69, 9.17) is 5.11 Å². The lowest BCUT2D eigenvalue weighted by Gasteiger charge is -2.03. The number of nitrogens with zero attached hydrogens (tertiary/aromatic N) is 3. The molecule has 0 saturated carbocycles. The van der Waals surface area contributed by atoms with Gasteiger partial charge in [-0.15, -0.1) is 5.10 Å². The lowest BCUT2D eigenvalue weighted by atomic mass is 10.1. The molecule has 2 aromatic carbocycles. The summed E-state index contributed by atoms with van der Waals surface area (Å²) in [6.45, 7) is 0. The molecule has 27 heavy (non-hydrogen) atoms. The van der Waals surface area contributed by atoms with Gasteiger partial charge in [-0.05, 0) is 35.9 Å². The Kier molecular flexibility index (Phi) is 4.10. The van der Waals surface area contributed by atoms with Crippen LogP contribution in [0.1, 0.15) is 20.7 Å². The quantitative estimate of drug-likeness (QED) is 0.529. The van der Waals surface area contributed by atoms with Gasteiger partial charge >= 0.3 is 5.97 Å². The number of pyridine rings is 1. The van der Waals surface area contributed by atoms with Crippen LogP contribution in [0.2, 0.25) is 0 Å². The van der Waals surface area contributed by atoms with Crippen LogP contribution in [0.5, 0.6) is 0 Å². The van der Waals surface area contributed by atoms with Gasteiger partial charge in [-0.25, -0.2) is 9.31 Å². The number of rotatable bonds is 5. The van der Waals surface area contributed by atoms with Gasteiger partial charge < -0.3 is 10.4 Å². The Morgan fingerprint density at radius 2 is 1.89 bits per heavy atom. The van der Waals surface area contributed by atoms with Crippen LogP contribution in [-0.4, -0.2) is 32.0 Å². The Labute approximate surface area is 153 Å². The molecule has 132 valence electrons. The molecule has 0 atom stereocenters. The van der Waals surface area contributed by atoms with E-state index in [0.717, 1.165) is 17.4 Å². The molecule has 0 aliphatic heterocycles. The molecule has 0 spiro atoms. The van der Waals surface area contributed by atoms with Gasteiger partial charge in [0.05, 0.1) is 5.56 Å². The third-order valence-corrected chi connectivity index (χ3v) is 4.09. The summed E-state index contributed by atoms with van der Waals surface area (Å²) in [6, 6.07) is 17.4. The topological polar surface area (TPSA) is 96.6 Å². The van der Waals surface area contributed by atoms with Gasteiger partial charge in [0.2, 0.25) is 5.95 Å². The highest BCUT2D eigenvalue weighted by Crippen LogP contribution is 2.25. The SMILES string of the molecule is O=Cc1ccc(-c2cccn3nc(Nc4cccc(C(=O)O)c4)nc23)cc1. The van der Waals surface area contributed by atoms with E-state index in [2.05, 4.69) is 15.4 Å². The van der Waals surface area contributed by atoms with Gasteiger partial charge in [0.1, 0.15) is 6.29 Å². The van der Waals surface area contributed by atoms with E-state index in [9.17, 15) is 9.59 Å². The van der Waals surface area contributed by atoms with Crippen molar-refractivity contribution in [3.8, 4) is 11.1 Å². The van der Waals surface area contributed by atoms with Crippen molar-refractivity contribution in [2.75, 3.05) is 5.32 Å². The van der Waals surface area contributed by atoms with Gasteiger partial charge in [-0.1, -0.05) is 30.3 Å². The Bertz CT molecular complexity index is 1150. The summed E-state index contributed by atoms with van der Waals surface area (Å²) in [7, 11) is 0. The smallest absolute Gasteiger partial charge is 0.335 e. The Balaban J connectivity index is 1.71. The van der Waals surface area contributed by atoms with Gasteiger partial charge in [0, 0.05) is 23.0 Å². The molecule has 2 heterocycles. The monoisotopic (exact) mass is 358 g/mol. The summed E-state index contributed by atoms with van der Waals surface area (Å²) >= 11 is 0. The van der Waals surface area contributed by atoms with Crippen LogP contribution in [0.15, 0.2) is 66.9 Å². The van der Waals surface area contributed by atoms with Crippen molar-refractivity contribution in [1.82, 2.24) is 14.6 Å². The highest BCUT2D eigenvalue weighted by Gasteiger charge is 2.11. The summed E-state index contributed by atoms with van der Waals surface area (Å²) in [5.41, 5.74) is 3.80. The molecule has 0 aliphatic carbocycles. The minimum Gasteiger partial charge on any atom is -0.478 e. The molecule has 4 rings (SSSR count). The number of nitrogens with one attached hydrogen (secondary N) is 1. The second kappa shape index (κ2) is 6.72. The van der Waals surface area contributed by atoms with Gasteiger partial charge in [-0.3, -0.25) is 4.79 Å². The maximum Gasteiger partial charge on any atom is 0.335 e. The Morgan fingerprint density at radius 1 is 1.07 bits per heavy atom. The second-order valence-corrected chi connectivity index (χ2v) is 5.88. The zero-order chi connectivity index (χ0) is 18.8. The number of carbonyl (C=O) groups excluding carboxylic acids is 1. The predicted octanol–water partition coefficient (Wildman–Crippen LogP) is 3.65. The molecule has 0 bridgehead atoms. The number of carboxylic acid groups (broad SMARTS) is 1. The van der Waals surface area contributed by atoms with E-state index < -0.39 is 5.97 Å². The van der Waals surface area contributed by atoms with Crippen molar-refractivity contribution in [3.63, 3.8) is 0 Å². The van der Waals surface area contributed by atoms with E-state index in [1.54, 1.807) is 35.0 Å². The standard InChI is InChI=1S/C20H14N4O3/c25-12-13-6-8-14(9-7-13)17-5-2-10-24-18(17)22-20(23-24)21-16-4-1-3-15(11-16)19(26)27/h1-12H,(H,21,23)(H,26,27). The number of aromatic carboxylic acids is 1. The zero-order valence-electron chi connectivity index (χ0n) is 14.0. The van der Waals surface area contributed by atoms with Crippen LogP contribution in [-0.2, 0) is 0 Å². The number of benzene rings is 2. The van der Waals surface area contributed by atoms with E-state index >= 15 is 0 Å². The summed E-state index contributed by atoms with van der Waals surface area (Å²) in [4.78, 5) is 26.5. The Hall–Kier alpha value is -4.00. The number of carboxylic acids is 1.